The molecule has 0 aromatic carbocycles. The van der Waals surface area contributed by atoms with Crippen LogP contribution in [0.15, 0.2) is 12.2 Å². The van der Waals surface area contributed by atoms with Gasteiger partial charge in [0, 0.05) is 5.54 Å². The van der Waals surface area contributed by atoms with Crippen LogP contribution in [0.3, 0.4) is 0 Å². The van der Waals surface area contributed by atoms with Gasteiger partial charge in [-0.1, -0.05) is 12.2 Å². The van der Waals surface area contributed by atoms with Crippen molar-refractivity contribution >= 4 is 0 Å². The molecule has 0 heterocycles. The summed E-state index contributed by atoms with van der Waals surface area (Å²) in [7, 11) is 0. The highest BCUT2D eigenvalue weighted by atomic mass is 14.7. The minimum atomic E-state index is 0.122. The summed E-state index contributed by atoms with van der Waals surface area (Å²) in [4.78, 5) is 0. The maximum absolute atomic E-state index is 6.06. The maximum Gasteiger partial charge on any atom is 0.0137 e. The summed E-state index contributed by atoms with van der Waals surface area (Å²) in [5.74, 6) is 1.60. The van der Waals surface area contributed by atoms with Crippen LogP contribution < -0.4 is 5.73 Å². The van der Waals surface area contributed by atoms with E-state index in [0.29, 0.717) is 0 Å². The molecule has 1 heteroatoms. The molecule has 0 aliphatic heterocycles. The predicted molar refractivity (Wildman–Crippen MR) is 42.6 cm³/mol. The van der Waals surface area contributed by atoms with E-state index in [2.05, 4.69) is 19.1 Å². The predicted octanol–water partition coefficient (Wildman–Crippen LogP) is 1.69. The molecule has 1 saturated carbocycles. The lowest BCUT2D eigenvalue weighted by molar-refractivity contribution is 0.250. The fraction of sp³-hybridized carbons (Fsp3) is 0.778. The van der Waals surface area contributed by atoms with E-state index in [-0.39, 0.29) is 5.54 Å². The molecule has 2 atom stereocenters. The lowest BCUT2D eigenvalue weighted by Gasteiger charge is -2.34. The molecule has 0 spiro atoms. The summed E-state index contributed by atoms with van der Waals surface area (Å²) in [5.41, 5.74) is 6.18. The monoisotopic (exact) mass is 137 g/mol. The van der Waals surface area contributed by atoms with E-state index in [1.807, 2.05) is 0 Å². The average Bonchev–Trinajstić information content (AvgIpc) is 2.08. The lowest BCUT2D eigenvalue weighted by Crippen LogP contribution is -2.42. The van der Waals surface area contributed by atoms with E-state index >= 15 is 0 Å². The Morgan fingerprint density at radius 1 is 1.30 bits per heavy atom. The van der Waals surface area contributed by atoms with E-state index < -0.39 is 0 Å². The number of hydrogen-bond acceptors (Lipinski definition) is 1. The van der Waals surface area contributed by atoms with Crippen molar-refractivity contribution in [1.29, 1.82) is 0 Å². The molecule has 0 radical (unpaired) electrons. The van der Waals surface area contributed by atoms with Crippen molar-refractivity contribution in [2.24, 2.45) is 17.6 Å². The van der Waals surface area contributed by atoms with Gasteiger partial charge in [0.25, 0.3) is 0 Å². The molecular weight excluding hydrogens is 122 g/mol. The lowest BCUT2D eigenvalue weighted by atomic mass is 9.76. The van der Waals surface area contributed by atoms with Crippen molar-refractivity contribution in [3.8, 4) is 0 Å². The van der Waals surface area contributed by atoms with Gasteiger partial charge in [0.2, 0.25) is 0 Å². The second kappa shape index (κ2) is 1.85. The Morgan fingerprint density at radius 3 is 2.30 bits per heavy atom. The molecule has 2 aliphatic rings. The summed E-state index contributed by atoms with van der Waals surface area (Å²) in [5, 5.41) is 0. The molecule has 0 amide bonds. The maximum atomic E-state index is 6.06. The normalized spacial score (nSPS) is 51.8. The van der Waals surface area contributed by atoms with Gasteiger partial charge in [-0.3, -0.25) is 0 Å². The Labute approximate surface area is 62.3 Å². The smallest absolute Gasteiger partial charge is 0.0137 e. The number of fused-ring (bicyclic) bond motifs is 2. The first-order chi connectivity index (χ1) is 4.66. The topological polar surface area (TPSA) is 26.0 Å². The Balaban J connectivity index is 2.15. The Kier molecular flexibility index (Phi) is 1.19. The molecule has 2 unspecified atom stereocenters. The molecule has 1 fully saturated rings. The number of rotatable bonds is 0. The molecule has 0 aromatic rings. The van der Waals surface area contributed by atoms with Gasteiger partial charge in [-0.05, 0) is 38.0 Å². The molecular formula is C9H15N. The first-order valence-corrected chi connectivity index (χ1v) is 4.13. The molecule has 0 aromatic heterocycles. The molecule has 2 bridgehead atoms. The van der Waals surface area contributed by atoms with Crippen molar-refractivity contribution in [3.05, 3.63) is 12.2 Å². The second-order valence-corrected chi connectivity index (χ2v) is 4.20. The third-order valence-corrected chi connectivity index (χ3v) is 2.72. The van der Waals surface area contributed by atoms with Crippen LogP contribution in [0.25, 0.3) is 0 Å². The summed E-state index contributed by atoms with van der Waals surface area (Å²) in [6, 6.07) is 0. The fourth-order valence-electron chi connectivity index (χ4n) is 2.44. The van der Waals surface area contributed by atoms with Crippen LogP contribution in [0.2, 0.25) is 0 Å². The van der Waals surface area contributed by atoms with Crippen molar-refractivity contribution in [2.45, 2.75) is 31.7 Å². The van der Waals surface area contributed by atoms with Crippen LogP contribution in [0, 0.1) is 11.8 Å². The molecule has 2 aliphatic carbocycles. The van der Waals surface area contributed by atoms with Gasteiger partial charge in [0.1, 0.15) is 0 Å². The van der Waals surface area contributed by atoms with E-state index in [1.54, 1.807) is 0 Å². The minimum absolute atomic E-state index is 0.122. The third kappa shape index (κ3) is 0.988. The molecule has 2 N–H and O–H groups in total. The average molecular weight is 137 g/mol. The fourth-order valence-corrected chi connectivity index (χ4v) is 2.44. The molecule has 1 nitrogen and oxygen atoms in total. The summed E-state index contributed by atoms with van der Waals surface area (Å²) < 4.78 is 0. The van der Waals surface area contributed by atoms with Crippen molar-refractivity contribution < 1.29 is 0 Å². The zero-order chi connectivity index (χ0) is 7.19. The van der Waals surface area contributed by atoms with Crippen LogP contribution in [0.5, 0.6) is 0 Å². The van der Waals surface area contributed by atoms with Crippen LogP contribution in [-0.2, 0) is 0 Å². The van der Waals surface area contributed by atoms with Crippen LogP contribution in [0.1, 0.15) is 26.2 Å². The first kappa shape index (κ1) is 6.41. The highest BCUT2D eigenvalue weighted by Crippen LogP contribution is 2.40. The number of hydrogen-bond donors (Lipinski definition) is 1. The molecule has 0 saturated heterocycles. The zero-order valence-electron chi connectivity index (χ0n) is 6.51. The first-order valence-electron chi connectivity index (χ1n) is 4.13. The minimum Gasteiger partial charge on any atom is -0.325 e. The van der Waals surface area contributed by atoms with Crippen LogP contribution in [0.4, 0.5) is 0 Å². The molecule has 10 heavy (non-hydrogen) atoms. The third-order valence-electron chi connectivity index (χ3n) is 2.72. The van der Waals surface area contributed by atoms with Crippen LogP contribution in [-0.4, -0.2) is 5.54 Å². The largest absolute Gasteiger partial charge is 0.325 e. The second-order valence-electron chi connectivity index (χ2n) is 4.20. The zero-order valence-corrected chi connectivity index (χ0v) is 6.51. The van der Waals surface area contributed by atoms with Crippen molar-refractivity contribution in [3.63, 3.8) is 0 Å². The Hall–Kier alpha value is -0.300. The van der Waals surface area contributed by atoms with E-state index in [9.17, 15) is 0 Å². The summed E-state index contributed by atoms with van der Waals surface area (Å²) >= 11 is 0. The van der Waals surface area contributed by atoms with Gasteiger partial charge in [0.15, 0.2) is 0 Å². The standard InChI is InChI=1S/C9H15N/c1-9(10)5-7-2-3-8(4-7)6-9/h2-3,7-8H,4-6,10H2,1H3. The van der Waals surface area contributed by atoms with Gasteiger partial charge in [-0.2, -0.15) is 0 Å². The van der Waals surface area contributed by atoms with Gasteiger partial charge in [0.05, 0.1) is 0 Å². The van der Waals surface area contributed by atoms with E-state index in [4.69, 9.17) is 5.73 Å². The van der Waals surface area contributed by atoms with Crippen molar-refractivity contribution in [1.82, 2.24) is 0 Å². The Bertz CT molecular complexity index is 154. The number of allylic oxidation sites excluding steroid dienone is 2. The van der Waals surface area contributed by atoms with Gasteiger partial charge < -0.3 is 5.73 Å². The summed E-state index contributed by atoms with van der Waals surface area (Å²) in [6.07, 6.45) is 8.46. The Morgan fingerprint density at radius 2 is 1.80 bits per heavy atom. The van der Waals surface area contributed by atoms with Gasteiger partial charge in [-0.15, -0.1) is 0 Å². The SMILES string of the molecule is CC1(N)CC2C=CC(C2)C1. The van der Waals surface area contributed by atoms with E-state index in [1.165, 1.54) is 19.3 Å². The van der Waals surface area contributed by atoms with E-state index in [0.717, 1.165) is 11.8 Å². The number of nitrogens with two attached hydrogens (primary N) is 1. The van der Waals surface area contributed by atoms with Gasteiger partial charge in [-0.25, -0.2) is 0 Å². The summed E-state index contributed by atoms with van der Waals surface area (Å²) in [6.45, 7) is 2.18. The highest BCUT2D eigenvalue weighted by molar-refractivity contribution is 5.10. The molecule has 56 valence electrons. The van der Waals surface area contributed by atoms with Crippen molar-refractivity contribution in [2.75, 3.05) is 0 Å². The highest BCUT2D eigenvalue weighted by Gasteiger charge is 2.35. The van der Waals surface area contributed by atoms with Gasteiger partial charge >= 0.3 is 0 Å². The quantitative estimate of drug-likeness (QED) is 0.505. The molecule has 2 rings (SSSR count). The van der Waals surface area contributed by atoms with Crippen LogP contribution >= 0.6 is 0 Å².